The summed E-state index contributed by atoms with van der Waals surface area (Å²) in [6.45, 7) is 1.80. The first-order valence-corrected chi connectivity index (χ1v) is 6.23. The number of nitrogens with two attached hydrogens (primary N) is 1. The molecule has 16 heavy (non-hydrogen) atoms. The molecule has 1 atom stereocenters. The molecule has 1 rings (SSSR count). The summed E-state index contributed by atoms with van der Waals surface area (Å²) < 4.78 is 0. The molecule has 0 spiro atoms. The predicted molar refractivity (Wildman–Crippen MR) is 63.0 cm³/mol. The van der Waals surface area contributed by atoms with Crippen LogP contribution in [0.3, 0.4) is 0 Å². The topological polar surface area (TPSA) is 72.2 Å². The predicted octanol–water partition coefficient (Wildman–Crippen LogP) is 1.02. The zero-order chi connectivity index (χ0) is 12.1. The summed E-state index contributed by atoms with van der Waals surface area (Å²) in [5, 5.41) is 2.95. The van der Waals surface area contributed by atoms with E-state index in [0.29, 0.717) is 5.88 Å². The number of alkyl halides is 1. The molecular weight excluding hydrogens is 228 g/mol. The quantitative estimate of drug-likeness (QED) is 0.727. The standard InChI is InChI=1S/C11H19ClN2O2/c1-7(6-12)11(16)14-9-4-2-8(3-5-9)10(13)15/h7-9H,2-6H2,1H3,(H2,13,15)(H,14,16). The lowest BCUT2D eigenvalue weighted by molar-refractivity contribution is -0.125. The van der Waals surface area contributed by atoms with Crippen LogP contribution in [0.1, 0.15) is 32.6 Å². The molecule has 0 aromatic heterocycles. The number of rotatable bonds is 4. The molecule has 3 N–H and O–H groups in total. The van der Waals surface area contributed by atoms with Crippen molar-refractivity contribution in [3.8, 4) is 0 Å². The smallest absolute Gasteiger partial charge is 0.224 e. The second-order valence-electron chi connectivity index (χ2n) is 4.51. The lowest BCUT2D eigenvalue weighted by Crippen LogP contribution is -2.42. The number of carbonyl (C=O) groups is 2. The van der Waals surface area contributed by atoms with E-state index in [1.807, 2.05) is 0 Å². The largest absolute Gasteiger partial charge is 0.369 e. The fourth-order valence-electron chi connectivity index (χ4n) is 1.94. The van der Waals surface area contributed by atoms with E-state index in [4.69, 9.17) is 17.3 Å². The fourth-order valence-corrected chi connectivity index (χ4v) is 2.08. The minimum Gasteiger partial charge on any atom is -0.369 e. The highest BCUT2D eigenvalue weighted by Gasteiger charge is 2.26. The van der Waals surface area contributed by atoms with Gasteiger partial charge in [0.1, 0.15) is 0 Å². The first kappa shape index (κ1) is 13.3. The van der Waals surface area contributed by atoms with E-state index in [-0.39, 0.29) is 29.7 Å². The van der Waals surface area contributed by atoms with E-state index in [2.05, 4.69) is 5.32 Å². The van der Waals surface area contributed by atoms with Gasteiger partial charge in [-0.3, -0.25) is 9.59 Å². The van der Waals surface area contributed by atoms with Gasteiger partial charge in [-0.25, -0.2) is 0 Å². The van der Waals surface area contributed by atoms with Gasteiger partial charge in [-0.1, -0.05) is 6.92 Å². The molecule has 1 saturated carbocycles. The zero-order valence-electron chi connectivity index (χ0n) is 9.54. The first-order chi connectivity index (χ1) is 7.54. The average Bonchev–Trinajstić information content (AvgIpc) is 2.28. The molecule has 1 fully saturated rings. The van der Waals surface area contributed by atoms with Crippen LogP contribution in [-0.2, 0) is 9.59 Å². The second kappa shape index (κ2) is 6.09. The van der Waals surface area contributed by atoms with Gasteiger partial charge in [-0.15, -0.1) is 11.6 Å². The summed E-state index contributed by atoms with van der Waals surface area (Å²) in [6.07, 6.45) is 3.20. The van der Waals surface area contributed by atoms with E-state index < -0.39 is 0 Å². The minimum absolute atomic E-state index is 0.00229. The van der Waals surface area contributed by atoms with Crippen LogP contribution in [0.4, 0.5) is 0 Å². The Balaban J connectivity index is 2.32. The van der Waals surface area contributed by atoms with Crippen LogP contribution >= 0.6 is 11.6 Å². The van der Waals surface area contributed by atoms with Crippen molar-refractivity contribution < 1.29 is 9.59 Å². The van der Waals surface area contributed by atoms with E-state index in [0.717, 1.165) is 25.7 Å². The maximum atomic E-state index is 11.6. The monoisotopic (exact) mass is 246 g/mol. The fraction of sp³-hybridized carbons (Fsp3) is 0.818. The summed E-state index contributed by atoms with van der Waals surface area (Å²) >= 11 is 5.61. The van der Waals surface area contributed by atoms with Gasteiger partial charge in [0.15, 0.2) is 0 Å². The molecule has 92 valence electrons. The van der Waals surface area contributed by atoms with Crippen LogP contribution in [0, 0.1) is 11.8 Å². The van der Waals surface area contributed by atoms with E-state index in [9.17, 15) is 9.59 Å². The van der Waals surface area contributed by atoms with Crippen molar-refractivity contribution in [3.05, 3.63) is 0 Å². The highest BCUT2D eigenvalue weighted by atomic mass is 35.5. The van der Waals surface area contributed by atoms with Gasteiger partial charge in [0, 0.05) is 23.8 Å². The summed E-state index contributed by atoms with van der Waals surface area (Å²) in [5.74, 6) is -0.0619. The lowest BCUT2D eigenvalue weighted by Gasteiger charge is -2.28. The second-order valence-corrected chi connectivity index (χ2v) is 4.82. The highest BCUT2D eigenvalue weighted by molar-refractivity contribution is 6.19. The van der Waals surface area contributed by atoms with Crippen molar-refractivity contribution in [1.29, 1.82) is 0 Å². The average molecular weight is 247 g/mol. The molecule has 1 aliphatic rings. The zero-order valence-corrected chi connectivity index (χ0v) is 10.3. The molecule has 2 amide bonds. The molecule has 4 nitrogen and oxygen atoms in total. The SMILES string of the molecule is CC(CCl)C(=O)NC1CCC(C(N)=O)CC1. The van der Waals surface area contributed by atoms with Gasteiger partial charge < -0.3 is 11.1 Å². The minimum atomic E-state index is -0.223. The summed E-state index contributed by atoms with van der Waals surface area (Å²) in [4.78, 5) is 22.5. The number of halogens is 1. The van der Waals surface area contributed by atoms with Gasteiger partial charge in [0.2, 0.25) is 11.8 Å². The van der Waals surface area contributed by atoms with Crippen LogP contribution in [-0.4, -0.2) is 23.7 Å². The molecular formula is C11H19ClN2O2. The lowest BCUT2D eigenvalue weighted by atomic mass is 9.85. The van der Waals surface area contributed by atoms with Crippen LogP contribution in [0.2, 0.25) is 0 Å². The molecule has 0 aromatic carbocycles. The van der Waals surface area contributed by atoms with Crippen LogP contribution < -0.4 is 11.1 Å². The number of nitrogens with one attached hydrogen (secondary N) is 1. The van der Waals surface area contributed by atoms with Gasteiger partial charge in [-0.2, -0.15) is 0 Å². The molecule has 0 radical (unpaired) electrons. The first-order valence-electron chi connectivity index (χ1n) is 5.70. The Morgan fingerprint density at radius 1 is 1.38 bits per heavy atom. The van der Waals surface area contributed by atoms with Crippen molar-refractivity contribution in [1.82, 2.24) is 5.32 Å². The third kappa shape index (κ3) is 3.67. The maximum absolute atomic E-state index is 11.6. The van der Waals surface area contributed by atoms with Gasteiger partial charge >= 0.3 is 0 Å². The Morgan fingerprint density at radius 2 is 1.94 bits per heavy atom. The molecule has 1 unspecified atom stereocenters. The summed E-state index contributed by atoms with van der Waals surface area (Å²) in [7, 11) is 0. The third-order valence-electron chi connectivity index (χ3n) is 3.15. The van der Waals surface area contributed by atoms with E-state index in [1.165, 1.54) is 0 Å². The summed E-state index contributed by atoms with van der Waals surface area (Å²) in [5.41, 5.74) is 5.24. The molecule has 5 heteroatoms. The van der Waals surface area contributed by atoms with Crippen molar-refractivity contribution >= 4 is 23.4 Å². The molecule has 0 heterocycles. The molecule has 0 aliphatic heterocycles. The van der Waals surface area contributed by atoms with E-state index in [1.54, 1.807) is 6.92 Å². The van der Waals surface area contributed by atoms with Gasteiger partial charge in [0.05, 0.1) is 0 Å². The number of carbonyl (C=O) groups excluding carboxylic acids is 2. The van der Waals surface area contributed by atoms with Crippen molar-refractivity contribution in [2.45, 2.75) is 38.6 Å². The van der Waals surface area contributed by atoms with Crippen LogP contribution in [0.15, 0.2) is 0 Å². The Bertz CT molecular complexity index is 263. The highest BCUT2D eigenvalue weighted by Crippen LogP contribution is 2.24. The van der Waals surface area contributed by atoms with Crippen molar-refractivity contribution in [2.24, 2.45) is 17.6 Å². The van der Waals surface area contributed by atoms with Crippen LogP contribution in [0.5, 0.6) is 0 Å². The van der Waals surface area contributed by atoms with Gasteiger partial charge in [0.25, 0.3) is 0 Å². The third-order valence-corrected chi connectivity index (χ3v) is 3.62. The Kier molecular flexibility index (Phi) is 5.06. The number of primary amides is 1. The number of hydrogen-bond donors (Lipinski definition) is 2. The molecule has 0 saturated heterocycles. The number of amides is 2. The van der Waals surface area contributed by atoms with E-state index >= 15 is 0 Å². The van der Waals surface area contributed by atoms with Crippen molar-refractivity contribution in [2.75, 3.05) is 5.88 Å². The van der Waals surface area contributed by atoms with Crippen LogP contribution in [0.25, 0.3) is 0 Å². The van der Waals surface area contributed by atoms with Gasteiger partial charge in [-0.05, 0) is 25.7 Å². The normalized spacial score (nSPS) is 27.1. The summed E-state index contributed by atoms with van der Waals surface area (Å²) in [6, 6.07) is 0.175. The number of hydrogen-bond acceptors (Lipinski definition) is 2. The molecule has 0 bridgehead atoms. The Labute approximate surface area is 101 Å². The molecule has 0 aromatic rings. The Morgan fingerprint density at radius 3 is 2.38 bits per heavy atom. The van der Waals surface area contributed by atoms with Crippen molar-refractivity contribution in [3.63, 3.8) is 0 Å². The maximum Gasteiger partial charge on any atom is 0.224 e. The molecule has 1 aliphatic carbocycles. The Hall–Kier alpha value is -0.770.